The summed E-state index contributed by atoms with van der Waals surface area (Å²) >= 11 is 0. The highest BCUT2D eigenvalue weighted by Crippen LogP contribution is 2.02. The van der Waals surface area contributed by atoms with E-state index in [1.165, 1.54) is 9.80 Å². The van der Waals surface area contributed by atoms with Crippen LogP contribution in [-0.2, 0) is 19.1 Å². The van der Waals surface area contributed by atoms with Gasteiger partial charge in [-0.3, -0.25) is 9.59 Å². The van der Waals surface area contributed by atoms with E-state index in [1.54, 1.807) is 14.1 Å². The first-order valence-electron chi connectivity index (χ1n) is 5.95. The van der Waals surface area contributed by atoms with E-state index in [-0.39, 0.29) is 30.3 Å². The van der Waals surface area contributed by atoms with Gasteiger partial charge in [0.2, 0.25) is 0 Å². The lowest BCUT2D eigenvalue weighted by Gasteiger charge is -2.23. The molecule has 0 fully saturated rings. The molecule has 2 rings (SSSR count). The lowest BCUT2D eigenvalue weighted by atomic mass is 10.5. The van der Waals surface area contributed by atoms with Gasteiger partial charge in [-0.2, -0.15) is 0 Å². The first-order chi connectivity index (χ1) is 9.09. The van der Waals surface area contributed by atoms with Gasteiger partial charge in [-0.25, -0.2) is 9.98 Å². The van der Waals surface area contributed by atoms with E-state index >= 15 is 0 Å². The van der Waals surface area contributed by atoms with Gasteiger partial charge in [0.15, 0.2) is 0 Å². The molecule has 0 aromatic rings. The Kier molecular flexibility index (Phi) is 3.98. The molecule has 0 aromatic carbocycles. The van der Waals surface area contributed by atoms with Gasteiger partial charge < -0.3 is 19.3 Å². The van der Waals surface area contributed by atoms with Gasteiger partial charge in [0, 0.05) is 14.1 Å². The molecule has 2 aliphatic heterocycles. The maximum Gasteiger partial charge on any atom is 0.310 e. The molecule has 2 heterocycles. The molecule has 0 saturated heterocycles. The van der Waals surface area contributed by atoms with E-state index in [9.17, 15) is 9.59 Å². The average Bonchev–Trinajstić information content (AvgIpc) is 3.09. The number of likely N-dealkylation sites (N-methyl/N-ethyl adjacent to an activating group) is 2. The summed E-state index contributed by atoms with van der Waals surface area (Å²) in [5, 5.41) is 0. The van der Waals surface area contributed by atoms with Gasteiger partial charge in [0.05, 0.1) is 19.8 Å². The van der Waals surface area contributed by atoms with Crippen LogP contribution in [0.15, 0.2) is 9.98 Å². The Morgan fingerprint density at radius 3 is 1.74 bits per heavy atom. The van der Waals surface area contributed by atoms with Crippen molar-refractivity contribution >= 4 is 23.6 Å². The van der Waals surface area contributed by atoms with Crippen molar-refractivity contribution in [3.8, 4) is 0 Å². The summed E-state index contributed by atoms with van der Waals surface area (Å²) in [5.74, 6) is -0.492. The van der Waals surface area contributed by atoms with Gasteiger partial charge in [-0.1, -0.05) is 0 Å². The van der Waals surface area contributed by atoms with Gasteiger partial charge in [0.1, 0.15) is 13.2 Å². The smallest absolute Gasteiger partial charge is 0.310 e. The highest BCUT2D eigenvalue weighted by atomic mass is 16.5. The van der Waals surface area contributed by atoms with Crippen LogP contribution >= 0.6 is 0 Å². The largest absolute Gasteiger partial charge is 0.472 e. The molecule has 104 valence electrons. The molecule has 0 saturated carbocycles. The third kappa shape index (κ3) is 3.01. The minimum Gasteiger partial charge on any atom is -0.472 e. The normalized spacial score (nSPS) is 17.2. The number of ether oxygens (including phenoxy) is 2. The SMILES string of the molecule is CN(CN(C)C(=O)C1=NCCO1)C(=O)C1=NCCO1. The third-order valence-corrected chi connectivity index (χ3v) is 2.65. The second-order valence-corrected chi connectivity index (χ2v) is 4.22. The minimum absolute atomic E-state index is 0.0952. The highest BCUT2D eigenvalue weighted by Gasteiger charge is 2.26. The van der Waals surface area contributed by atoms with Crippen LogP contribution in [0, 0.1) is 0 Å². The molecule has 0 radical (unpaired) electrons. The van der Waals surface area contributed by atoms with E-state index in [1.807, 2.05) is 0 Å². The van der Waals surface area contributed by atoms with E-state index < -0.39 is 0 Å². The molecular weight excluding hydrogens is 252 g/mol. The third-order valence-electron chi connectivity index (χ3n) is 2.65. The molecule has 0 aliphatic carbocycles. The van der Waals surface area contributed by atoms with Crippen molar-refractivity contribution in [2.45, 2.75) is 0 Å². The molecular formula is C11H16N4O4. The van der Waals surface area contributed by atoms with Crippen LogP contribution in [0.4, 0.5) is 0 Å². The summed E-state index contributed by atoms with van der Waals surface area (Å²) in [5.41, 5.74) is 0. The average molecular weight is 268 g/mol. The quantitative estimate of drug-likeness (QED) is 0.594. The Labute approximate surface area is 110 Å². The summed E-state index contributed by atoms with van der Waals surface area (Å²) in [4.78, 5) is 34.4. The van der Waals surface area contributed by atoms with Gasteiger partial charge >= 0.3 is 11.8 Å². The van der Waals surface area contributed by atoms with E-state index in [0.29, 0.717) is 26.3 Å². The number of carbonyl (C=O) groups excluding carboxylic acids is 2. The van der Waals surface area contributed by atoms with Crippen LogP contribution in [0.3, 0.4) is 0 Å². The second kappa shape index (κ2) is 5.68. The molecule has 0 spiro atoms. The molecule has 8 heteroatoms. The van der Waals surface area contributed by atoms with Crippen molar-refractivity contribution in [3.63, 3.8) is 0 Å². The number of rotatable bonds is 4. The number of aliphatic imine (C=N–C) groups is 2. The van der Waals surface area contributed by atoms with Crippen molar-refractivity contribution in [1.29, 1.82) is 0 Å². The predicted molar refractivity (Wildman–Crippen MR) is 66.9 cm³/mol. The summed E-state index contributed by atoms with van der Waals surface area (Å²) < 4.78 is 10.2. The fourth-order valence-corrected chi connectivity index (χ4v) is 1.70. The summed E-state index contributed by atoms with van der Waals surface area (Å²) in [7, 11) is 3.15. The maximum absolute atomic E-state index is 11.9. The van der Waals surface area contributed by atoms with Crippen LogP contribution in [0.1, 0.15) is 0 Å². The standard InChI is InChI=1S/C11H16N4O4/c1-14(10(16)8-12-3-5-18-8)7-15(2)11(17)9-13-4-6-19-9/h3-7H2,1-2H3. The van der Waals surface area contributed by atoms with Gasteiger partial charge in [-0.15, -0.1) is 0 Å². The maximum atomic E-state index is 11.9. The van der Waals surface area contributed by atoms with Crippen molar-refractivity contribution in [2.75, 3.05) is 47.1 Å². The zero-order chi connectivity index (χ0) is 13.8. The number of amides is 2. The molecule has 0 bridgehead atoms. The van der Waals surface area contributed by atoms with Crippen molar-refractivity contribution in [1.82, 2.24) is 9.80 Å². The van der Waals surface area contributed by atoms with Crippen LogP contribution < -0.4 is 0 Å². The Bertz CT molecular complexity index is 406. The van der Waals surface area contributed by atoms with Crippen LogP contribution in [0.25, 0.3) is 0 Å². The molecule has 0 atom stereocenters. The zero-order valence-electron chi connectivity index (χ0n) is 11.0. The zero-order valence-corrected chi connectivity index (χ0v) is 11.0. The Hall–Kier alpha value is -2.12. The van der Waals surface area contributed by atoms with Gasteiger partial charge in [0.25, 0.3) is 11.8 Å². The number of hydrogen-bond acceptors (Lipinski definition) is 6. The lowest BCUT2D eigenvalue weighted by Crippen LogP contribution is -2.45. The number of carbonyl (C=O) groups is 2. The second-order valence-electron chi connectivity index (χ2n) is 4.22. The van der Waals surface area contributed by atoms with Crippen LogP contribution in [-0.4, -0.2) is 80.5 Å². The van der Waals surface area contributed by atoms with Gasteiger partial charge in [-0.05, 0) is 0 Å². The fourth-order valence-electron chi connectivity index (χ4n) is 1.70. The van der Waals surface area contributed by atoms with Crippen molar-refractivity contribution in [3.05, 3.63) is 0 Å². The predicted octanol–water partition coefficient (Wildman–Crippen LogP) is -1.28. The molecule has 0 unspecified atom stereocenters. The monoisotopic (exact) mass is 268 g/mol. The van der Waals surface area contributed by atoms with E-state index in [2.05, 4.69) is 9.98 Å². The van der Waals surface area contributed by atoms with Crippen LogP contribution in [0.2, 0.25) is 0 Å². The van der Waals surface area contributed by atoms with E-state index in [4.69, 9.17) is 9.47 Å². The summed E-state index contributed by atoms with van der Waals surface area (Å²) in [6.45, 7) is 1.95. The topological polar surface area (TPSA) is 83.8 Å². The first-order valence-corrected chi connectivity index (χ1v) is 5.95. The lowest BCUT2D eigenvalue weighted by molar-refractivity contribution is -0.131. The van der Waals surface area contributed by atoms with Crippen molar-refractivity contribution in [2.24, 2.45) is 9.98 Å². The molecule has 19 heavy (non-hydrogen) atoms. The number of hydrogen-bond donors (Lipinski definition) is 0. The Morgan fingerprint density at radius 1 is 1.00 bits per heavy atom. The summed E-state index contributed by atoms with van der Waals surface area (Å²) in [6.07, 6.45) is 0. The number of nitrogens with zero attached hydrogens (tertiary/aromatic N) is 4. The van der Waals surface area contributed by atoms with Crippen molar-refractivity contribution < 1.29 is 19.1 Å². The first kappa shape index (κ1) is 13.3. The summed E-state index contributed by atoms with van der Waals surface area (Å²) in [6, 6.07) is 0. The Balaban J connectivity index is 1.89. The molecule has 2 aliphatic rings. The Morgan fingerprint density at radius 2 is 1.42 bits per heavy atom. The molecule has 0 aromatic heterocycles. The molecule has 2 amide bonds. The van der Waals surface area contributed by atoms with Crippen LogP contribution in [0.5, 0.6) is 0 Å². The highest BCUT2D eigenvalue weighted by molar-refractivity contribution is 6.36. The minimum atomic E-state index is -0.341. The molecule has 8 nitrogen and oxygen atoms in total. The van der Waals surface area contributed by atoms with E-state index in [0.717, 1.165) is 0 Å². The fraction of sp³-hybridized carbons (Fsp3) is 0.636. The molecule has 0 N–H and O–H groups in total.